The third-order valence-electron chi connectivity index (χ3n) is 3.01. The van der Waals surface area contributed by atoms with Crippen molar-refractivity contribution >= 4 is 22.5 Å². The van der Waals surface area contributed by atoms with Crippen molar-refractivity contribution in [3.05, 3.63) is 40.3 Å². The molecule has 0 unspecified atom stereocenters. The highest BCUT2D eigenvalue weighted by atomic mass is 35.5. The molecule has 17 heavy (non-hydrogen) atoms. The summed E-state index contributed by atoms with van der Waals surface area (Å²) in [6.45, 7) is 0. The average molecular weight is 258 g/mol. The van der Waals surface area contributed by atoms with Crippen LogP contribution >= 0.6 is 11.6 Å². The third kappa shape index (κ3) is 1.51. The largest absolute Gasteiger partial charge is 0.290 e. The molecule has 5 heteroatoms. The number of nitrogens with zero attached hydrogens (tertiary/aromatic N) is 1. The SMILES string of the molecule is Fc1ccc2nc3c(c(Cl)c2c1)CCC3(F)F. The van der Waals surface area contributed by atoms with Crippen molar-refractivity contribution < 1.29 is 13.2 Å². The maximum absolute atomic E-state index is 13.5. The molecule has 0 aliphatic heterocycles. The molecule has 1 aromatic carbocycles. The Labute approximate surface area is 100 Å². The van der Waals surface area contributed by atoms with Crippen molar-refractivity contribution in [1.29, 1.82) is 0 Å². The lowest BCUT2D eigenvalue weighted by atomic mass is 10.1. The summed E-state index contributed by atoms with van der Waals surface area (Å²) >= 11 is 6.05. The fourth-order valence-corrected chi connectivity index (χ4v) is 2.50. The van der Waals surface area contributed by atoms with E-state index in [1.807, 2.05) is 0 Å². The van der Waals surface area contributed by atoms with Crippen LogP contribution in [0.5, 0.6) is 0 Å². The molecule has 1 aliphatic carbocycles. The molecule has 1 heterocycles. The Kier molecular flexibility index (Phi) is 2.14. The van der Waals surface area contributed by atoms with E-state index in [9.17, 15) is 13.2 Å². The number of alkyl halides is 2. The standard InChI is InChI=1S/C12H7ClF3N/c13-10-7-3-4-12(15,16)11(7)17-9-2-1-6(14)5-8(9)10/h1-2,5H,3-4H2. The first-order chi connectivity index (χ1) is 7.99. The third-order valence-corrected chi connectivity index (χ3v) is 3.45. The summed E-state index contributed by atoms with van der Waals surface area (Å²) in [4.78, 5) is 3.91. The summed E-state index contributed by atoms with van der Waals surface area (Å²) in [6, 6.07) is 3.78. The second-order valence-corrected chi connectivity index (χ2v) is 4.50. The first-order valence-corrected chi connectivity index (χ1v) is 5.53. The number of benzene rings is 1. The average Bonchev–Trinajstić information content (AvgIpc) is 2.57. The van der Waals surface area contributed by atoms with Crippen molar-refractivity contribution in [3.8, 4) is 0 Å². The fraction of sp³-hybridized carbons (Fsp3) is 0.250. The summed E-state index contributed by atoms with van der Waals surface area (Å²) in [5, 5.41) is 0.588. The van der Waals surface area contributed by atoms with E-state index < -0.39 is 11.7 Å². The second-order valence-electron chi connectivity index (χ2n) is 4.12. The lowest BCUT2D eigenvalue weighted by molar-refractivity contribution is -0.00567. The Morgan fingerprint density at radius 2 is 2.06 bits per heavy atom. The van der Waals surface area contributed by atoms with Gasteiger partial charge in [-0.15, -0.1) is 0 Å². The van der Waals surface area contributed by atoms with Crippen molar-refractivity contribution in [2.75, 3.05) is 0 Å². The Morgan fingerprint density at radius 1 is 1.29 bits per heavy atom. The van der Waals surface area contributed by atoms with Gasteiger partial charge in [0.25, 0.3) is 5.92 Å². The molecule has 1 nitrogen and oxygen atoms in total. The van der Waals surface area contributed by atoms with Gasteiger partial charge in [-0.1, -0.05) is 11.6 Å². The Hall–Kier alpha value is -1.29. The summed E-state index contributed by atoms with van der Waals surface area (Å²) < 4.78 is 40.1. The highest BCUT2D eigenvalue weighted by Crippen LogP contribution is 2.44. The second kappa shape index (κ2) is 3.35. The van der Waals surface area contributed by atoms with Gasteiger partial charge in [0.05, 0.1) is 10.5 Å². The van der Waals surface area contributed by atoms with Crippen LogP contribution in [0.2, 0.25) is 5.02 Å². The molecule has 0 radical (unpaired) electrons. The Morgan fingerprint density at radius 3 is 2.82 bits per heavy atom. The number of aromatic nitrogens is 1. The molecule has 0 atom stereocenters. The van der Waals surface area contributed by atoms with E-state index in [4.69, 9.17) is 11.6 Å². The molecular weight excluding hydrogens is 251 g/mol. The van der Waals surface area contributed by atoms with E-state index >= 15 is 0 Å². The molecule has 0 N–H and O–H groups in total. The lowest BCUT2D eigenvalue weighted by Gasteiger charge is -2.11. The summed E-state index contributed by atoms with van der Waals surface area (Å²) in [5.74, 6) is -3.38. The molecule has 0 fully saturated rings. The van der Waals surface area contributed by atoms with Gasteiger partial charge in [-0.2, -0.15) is 8.78 Å². The van der Waals surface area contributed by atoms with Crippen LogP contribution in [0.4, 0.5) is 13.2 Å². The van der Waals surface area contributed by atoms with Crippen LogP contribution in [0, 0.1) is 5.82 Å². The fourth-order valence-electron chi connectivity index (χ4n) is 2.17. The predicted octanol–water partition coefficient (Wildman–Crippen LogP) is 4.07. The van der Waals surface area contributed by atoms with Crippen LogP contribution in [0.15, 0.2) is 18.2 Å². The van der Waals surface area contributed by atoms with E-state index in [0.29, 0.717) is 16.5 Å². The van der Waals surface area contributed by atoms with Gasteiger partial charge in [0, 0.05) is 11.8 Å². The zero-order valence-corrected chi connectivity index (χ0v) is 9.36. The minimum absolute atomic E-state index is 0.181. The molecule has 0 spiro atoms. The van der Waals surface area contributed by atoms with Crippen molar-refractivity contribution in [3.63, 3.8) is 0 Å². The van der Waals surface area contributed by atoms with Gasteiger partial charge in [0.2, 0.25) is 0 Å². The monoisotopic (exact) mass is 257 g/mol. The van der Waals surface area contributed by atoms with Gasteiger partial charge < -0.3 is 0 Å². The van der Waals surface area contributed by atoms with Gasteiger partial charge in [0.1, 0.15) is 11.5 Å². The molecule has 1 aromatic heterocycles. The van der Waals surface area contributed by atoms with Gasteiger partial charge in [0.15, 0.2) is 0 Å². The maximum Gasteiger partial charge on any atom is 0.290 e. The molecule has 0 bridgehead atoms. The van der Waals surface area contributed by atoms with Gasteiger partial charge >= 0.3 is 0 Å². The van der Waals surface area contributed by atoms with Crippen LogP contribution in [0.3, 0.4) is 0 Å². The number of rotatable bonds is 0. The number of pyridine rings is 1. The van der Waals surface area contributed by atoms with E-state index in [1.54, 1.807) is 0 Å². The Balaban J connectivity index is 2.39. The molecule has 2 aromatic rings. The summed E-state index contributed by atoms with van der Waals surface area (Å²) in [6.07, 6.45) is -0.103. The lowest BCUT2D eigenvalue weighted by Crippen LogP contribution is -2.10. The normalized spacial score (nSPS) is 17.4. The number of halogens is 4. The highest BCUT2D eigenvalue weighted by Gasteiger charge is 2.42. The van der Waals surface area contributed by atoms with Crippen LogP contribution in [-0.4, -0.2) is 4.98 Å². The summed E-state index contributed by atoms with van der Waals surface area (Å²) in [5.41, 5.74) is 0.382. The van der Waals surface area contributed by atoms with Gasteiger partial charge in [-0.25, -0.2) is 9.37 Å². The smallest absolute Gasteiger partial charge is 0.246 e. The molecule has 88 valence electrons. The van der Waals surface area contributed by atoms with Crippen LogP contribution < -0.4 is 0 Å². The molecule has 3 rings (SSSR count). The number of hydrogen-bond donors (Lipinski definition) is 0. The minimum atomic E-state index is -2.93. The van der Waals surface area contributed by atoms with Gasteiger partial charge in [-0.3, -0.25) is 0 Å². The molecule has 0 amide bonds. The predicted molar refractivity (Wildman–Crippen MR) is 58.9 cm³/mol. The van der Waals surface area contributed by atoms with Crippen LogP contribution in [0.1, 0.15) is 17.7 Å². The van der Waals surface area contributed by atoms with E-state index in [-0.39, 0.29) is 23.6 Å². The molecule has 0 saturated heterocycles. The van der Waals surface area contributed by atoms with Crippen LogP contribution in [-0.2, 0) is 12.3 Å². The van der Waals surface area contributed by atoms with Crippen LogP contribution in [0.25, 0.3) is 10.9 Å². The minimum Gasteiger partial charge on any atom is -0.246 e. The van der Waals surface area contributed by atoms with Crippen molar-refractivity contribution in [1.82, 2.24) is 4.98 Å². The zero-order valence-electron chi connectivity index (χ0n) is 8.61. The molecule has 1 aliphatic rings. The Bertz CT molecular complexity index is 625. The molecular formula is C12H7ClF3N. The van der Waals surface area contributed by atoms with E-state index in [2.05, 4.69) is 4.98 Å². The molecule has 0 saturated carbocycles. The van der Waals surface area contributed by atoms with Crippen molar-refractivity contribution in [2.45, 2.75) is 18.8 Å². The van der Waals surface area contributed by atoms with E-state index in [1.165, 1.54) is 18.2 Å². The zero-order chi connectivity index (χ0) is 12.2. The quantitative estimate of drug-likeness (QED) is 0.693. The first kappa shape index (κ1) is 10.8. The number of fused-ring (bicyclic) bond motifs is 2. The van der Waals surface area contributed by atoms with Gasteiger partial charge in [-0.05, 0) is 30.2 Å². The van der Waals surface area contributed by atoms with Crippen molar-refractivity contribution in [2.24, 2.45) is 0 Å². The number of hydrogen-bond acceptors (Lipinski definition) is 1. The summed E-state index contributed by atoms with van der Waals surface area (Å²) in [7, 11) is 0. The first-order valence-electron chi connectivity index (χ1n) is 5.15. The highest BCUT2D eigenvalue weighted by molar-refractivity contribution is 6.36. The topological polar surface area (TPSA) is 12.9 Å². The maximum atomic E-state index is 13.5. The van der Waals surface area contributed by atoms with E-state index in [0.717, 1.165) is 0 Å².